The van der Waals surface area contributed by atoms with Gasteiger partial charge in [0.25, 0.3) is 0 Å². The van der Waals surface area contributed by atoms with Crippen molar-refractivity contribution in [1.82, 2.24) is 9.88 Å². The quantitative estimate of drug-likeness (QED) is 0.175. The molecule has 216 valence electrons. The van der Waals surface area contributed by atoms with Crippen molar-refractivity contribution in [2.75, 3.05) is 20.7 Å². The molecule has 43 heavy (non-hydrogen) atoms. The Bertz CT molecular complexity index is 1840. The number of benzene rings is 5. The van der Waals surface area contributed by atoms with E-state index in [1.807, 2.05) is 60.7 Å². The molecule has 1 aromatic heterocycles. The van der Waals surface area contributed by atoms with Crippen LogP contribution in [0.4, 0.5) is 0 Å². The molecule has 0 radical (unpaired) electrons. The monoisotopic (exact) mass is 586 g/mol. The van der Waals surface area contributed by atoms with Gasteiger partial charge in [0.15, 0.2) is 0 Å². The van der Waals surface area contributed by atoms with Gasteiger partial charge in [-0.25, -0.2) is 4.98 Å². The van der Waals surface area contributed by atoms with Gasteiger partial charge in [-0.15, -0.1) is 0 Å². The van der Waals surface area contributed by atoms with Gasteiger partial charge in [-0.3, -0.25) is 0 Å². The van der Waals surface area contributed by atoms with Crippen LogP contribution in [0.1, 0.15) is 34.6 Å². The molecule has 1 N–H and O–H groups in total. The largest absolute Gasteiger partial charge is 0.481 e. The molecule has 6 rings (SSSR count). The molecular formula is C38H35ClN2O2. The third-order valence-corrected chi connectivity index (χ3v) is 8.55. The molecule has 0 aliphatic carbocycles. The fraction of sp³-hybridized carbons (Fsp3) is 0.184. The smallest absolute Gasteiger partial charge is 0.217 e. The zero-order chi connectivity index (χ0) is 29.8. The van der Waals surface area contributed by atoms with Crippen molar-refractivity contribution in [3.63, 3.8) is 0 Å². The van der Waals surface area contributed by atoms with Crippen molar-refractivity contribution in [3.05, 3.63) is 155 Å². The van der Waals surface area contributed by atoms with E-state index in [2.05, 4.69) is 78.7 Å². The molecule has 5 heteroatoms. The van der Waals surface area contributed by atoms with Crippen LogP contribution in [0.2, 0.25) is 5.02 Å². The second kappa shape index (κ2) is 12.6. The van der Waals surface area contributed by atoms with Gasteiger partial charge >= 0.3 is 0 Å². The molecule has 0 saturated heterocycles. The summed E-state index contributed by atoms with van der Waals surface area (Å²) < 4.78 is 5.94. The Morgan fingerprint density at radius 3 is 2.28 bits per heavy atom. The van der Waals surface area contributed by atoms with E-state index in [1.54, 1.807) is 7.11 Å². The standard InChI is InChI=1S/C38H35ClN2O2/c1-41(26-27-12-5-3-6-13-27)23-22-38(42,34-19-11-17-28-14-9-10-18-32(28)34)36(29-15-7-4-8-16-29)33-25-30-24-31(39)20-21-35(30)40-37(33)43-2/h3-21,24-25,36,42H,22-23,26H2,1-2H3. The number of fused-ring (bicyclic) bond motifs is 2. The highest BCUT2D eigenvalue weighted by molar-refractivity contribution is 6.31. The lowest BCUT2D eigenvalue weighted by Crippen LogP contribution is -2.38. The lowest BCUT2D eigenvalue weighted by molar-refractivity contribution is 0.00308. The molecule has 5 aromatic carbocycles. The van der Waals surface area contributed by atoms with E-state index < -0.39 is 11.5 Å². The predicted octanol–water partition coefficient (Wildman–Crippen LogP) is 8.59. The summed E-state index contributed by atoms with van der Waals surface area (Å²) in [7, 11) is 3.74. The first kappa shape index (κ1) is 28.9. The van der Waals surface area contributed by atoms with E-state index in [4.69, 9.17) is 21.3 Å². The lowest BCUT2D eigenvalue weighted by atomic mass is 9.70. The molecule has 0 amide bonds. The molecule has 0 saturated carbocycles. The van der Waals surface area contributed by atoms with Gasteiger partial charge in [0.2, 0.25) is 5.88 Å². The average molecular weight is 587 g/mol. The number of nitrogens with zero attached hydrogens (tertiary/aromatic N) is 2. The van der Waals surface area contributed by atoms with Crippen LogP contribution in [0.15, 0.2) is 127 Å². The number of hydrogen-bond donors (Lipinski definition) is 1. The maximum absolute atomic E-state index is 13.4. The first-order valence-electron chi connectivity index (χ1n) is 14.6. The van der Waals surface area contributed by atoms with Crippen LogP contribution < -0.4 is 4.74 Å². The SMILES string of the molecule is COc1nc2ccc(Cl)cc2cc1C(c1ccccc1)C(O)(CCN(C)Cc1ccccc1)c1cccc2ccccc12. The average Bonchev–Trinajstić information content (AvgIpc) is 3.04. The number of pyridine rings is 1. The zero-order valence-electron chi connectivity index (χ0n) is 24.5. The summed E-state index contributed by atoms with van der Waals surface area (Å²) in [5.74, 6) is -0.00422. The fourth-order valence-corrected chi connectivity index (χ4v) is 6.43. The number of hydrogen-bond acceptors (Lipinski definition) is 4. The summed E-state index contributed by atoms with van der Waals surface area (Å²) in [6.45, 7) is 1.44. The van der Waals surface area contributed by atoms with Crippen molar-refractivity contribution < 1.29 is 9.84 Å². The molecular weight excluding hydrogens is 552 g/mol. The van der Waals surface area contributed by atoms with Crippen LogP contribution in [0.5, 0.6) is 5.88 Å². The Morgan fingerprint density at radius 1 is 0.814 bits per heavy atom. The maximum Gasteiger partial charge on any atom is 0.217 e. The second-order valence-corrected chi connectivity index (χ2v) is 11.6. The molecule has 0 fully saturated rings. The van der Waals surface area contributed by atoms with Crippen molar-refractivity contribution >= 4 is 33.3 Å². The first-order valence-corrected chi connectivity index (χ1v) is 15.0. The Hall–Kier alpha value is -4.22. The zero-order valence-corrected chi connectivity index (χ0v) is 25.2. The van der Waals surface area contributed by atoms with Gasteiger partial charge in [0.1, 0.15) is 5.60 Å². The third-order valence-electron chi connectivity index (χ3n) is 8.31. The molecule has 0 aliphatic rings. The number of aromatic nitrogens is 1. The molecule has 4 nitrogen and oxygen atoms in total. The predicted molar refractivity (Wildman–Crippen MR) is 177 cm³/mol. The number of rotatable bonds is 10. The highest BCUT2D eigenvalue weighted by atomic mass is 35.5. The van der Waals surface area contributed by atoms with Crippen LogP contribution in [0, 0.1) is 0 Å². The van der Waals surface area contributed by atoms with Crippen LogP contribution in [0.3, 0.4) is 0 Å². The number of halogens is 1. The number of methoxy groups -OCH3 is 1. The van der Waals surface area contributed by atoms with E-state index in [1.165, 1.54) is 5.56 Å². The van der Waals surface area contributed by atoms with E-state index in [0.717, 1.165) is 44.9 Å². The van der Waals surface area contributed by atoms with Crippen LogP contribution in [-0.2, 0) is 12.1 Å². The molecule has 6 aromatic rings. The topological polar surface area (TPSA) is 45.6 Å². The van der Waals surface area contributed by atoms with E-state index >= 15 is 0 Å². The molecule has 0 spiro atoms. The first-order chi connectivity index (χ1) is 21.0. The van der Waals surface area contributed by atoms with Crippen LogP contribution in [0.25, 0.3) is 21.7 Å². The molecule has 0 bridgehead atoms. The third kappa shape index (κ3) is 6.00. The number of aliphatic hydroxyl groups is 1. The van der Waals surface area contributed by atoms with E-state index in [9.17, 15) is 5.11 Å². The Balaban J connectivity index is 1.56. The number of ether oxygens (including phenoxy) is 1. The van der Waals surface area contributed by atoms with Gasteiger partial charge < -0.3 is 14.7 Å². The van der Waals surface area contributed by atoms with Crippen molar-refractivity contribution in [2.24, 2.45) is 0 Å². The van der Waals surface area contributed by atoms with E-state index in [-0.39, 0.29) is 0 Å². The summed E-state index contributed by atoms with van der Waals surface area (Å²) in [5.41, 5.74) is 3.35. The summed E-state index contributed by atoms with van der Waals surface area (Å²) >= 11 is 6.43. The maximum atomic E-state index is 13.4. The molecule has 2 atom stereocenters. The van der Waals surface area contributed by atoms with E-state index in [0.29, 0.717) is 23.9 Å². The van der Waals surface area contributed by atoms with Crippen molar-refractivity contribution in [2.45, 2.75) is 24.5 Å². The minimum Gasteiger partial charge on any atom is -0.481 e. The van der Waals surface area contributed by atoms with Gasteiger partial charge in [-0.2, -0.15) is 0 Å². The fourth-order valence-electron chi connectivity index (χ4n) is 6.25. The van der Waals surface area contributed by atoms with Gasteiger partial charge in [0.05, 0.1) is 12.6 Å². The molecule has 1 heterocycles. The highest BCUT2D eigenvalue weighted by Gasteiger charge is 2.43. The Kier molecular flexibility index (Phi) is 8.44. The van der Waals surface area contributed by atoms with Crippen molar-refractivity contribution in [3.8, 4) is 5.88 Å². The summed E-state index contributed by atoms with van der Waals surface area (Å²) in [6.07, 6.45) is 0.473. The van der Waals surface area contributed by atoms with Crippen LogP contribution >= 0.6 is 11.6 Å². The lowest BCUT2D eigenvalue weighted by Gasteiger charge is -2.39. The summed E-state index contributed by atoms with van der Waals surface area (Å²) in [5, 5.41) is 17.0. The normalized spacial score (nSPS) is 13.7. The summed E-state index contributed by atoms with van der Waals surface area (Å²) in [4.78, 5) is 7.17. The summed E-state index contributed by atoms with van der Waals surface area (Å²) in [6, 6.07) is 42.8. The van der Waals surface area contributed by atoms with Crippen molar-refractivity contribution in [1.29, 1.82) is 0 Å². The molecule has 0 aliphatic heterocycles. The minimum atomic E-state index is -1.33. The Labute approximate surface area is 258 Å². The second-order valence-electron chi connectivity index (χ2n) is 11.2. The highest BCUT2D eigenvalue weighted by Crippen LogP contribution is 2.49. The van der Waals surface area contributed by atoms with Gasteiger partial charge in [0, 0.05) is 35.0 Å². The molecule has 2 unspecified atom stereocenters. The van der Waals surface area contributed by atoms with Gasteiger partial charge in [-0.1, -0.05) is 115 Å². The Morgan fingerprint density at radius 2 is 1.51 bits per heavy atom. The van der Waals surface area contributed by atoms with Crippen LogP contribution in [-0.4, -0.2) is 35.7 Å². The van der Waals surface area contributed by atoms with Gasteiger partial charge in [-0.05, 0) is 65.2 Å². The minimum absolute atomic E-state index is 0.473.